The average molecular weight is 1360 g/mol. The summed E-state index contributed by atoms with van der Waals surface area (Å²) in [4.78, 5) is 99.9. The first kappa shape index (κ1) is 73.1. The Morgan fingerprint density at radius 2 is 1.11 bits per heavy atom. The molecular weight excluding hydrogens is 1280 g/mol. The number of fused-ring (bicyclic) bond motifs is 1. The fourth-order valence-electron chi connectivity index (χ4n) is 9.18. The van der Waals surface area contributed by atoms with E-state index in [0.717, 1.165) is 5.56 Å². The molecule has 1 fully saturated rings. The molecule has 1 aliphatic heterocycles. The summed E-state index contributed by atoms with van der Waals surface area (Å²) in [5.74, 6) is -5.30. The van der Waals surface area contributed by atoms with E-state index in [1.807, 2.05) is 4.90 Å². The number of hydrogen-bond donors (Lipinski definition) is 10. The zero-order valence-corrected chi connectivity index (χ0v) is 53.7. The number of nitrogens with one attached hydrogen (secondary N) is 6. The van der Waals surface area contributed by atoms with Gasteiger partial charge in [0.25, 0.3) is 5.91 Å². The van der Waals surface area contributed by atoms with E-state index in [-0.39, 0.29) is 138 Å². The third-order valence-electron chi connectivity index (χ3n) is 13.8. The molecule has 33 heteroatoms. The maximum atomic E-state index is 13.4. The number of carboxylic acid groups (broad SMARTS) is 4. The van der Waals surface area contributed by atoms with Crippen LogP contribution < -0.4 is 30.8 Å². The van der Waals surface area contributed by atoms with Crippen LogP contribution in [0.25, 0.3) is 22.0 Å². The van der Waals surface area contributed by atoms with Crippen molar-refractivity contribution in [2.75, 3.05) is 143 Å². The van der Waals surface area contributed by atoms with Gasteiger partial charge in [0.1, 0.15) is 11.6 Å². The Labute approximate surface area is 539 Å². The minimum Gasteiger partial charge on any atom is -0.480 e. The van der Waals surface area contributed by atoms with Gasteiger partial charge in [-0.1, -0.05) is 30.3 Å². The van der Waals surface area contributed by atoms with Crippen molar-refractivity contribution < 1.29 is 113 Å². The molecular formula is C56H76N12O18S2Y. The molecule has 10 N–H and O–H groups in total. The third-order valence-corrected chi connectivity index (χ3v) is 16.8. The molecule has 3 aromatic carbocycles. The molecule has 1 saturated heterocycles. The number of rotatable bonds is 35. The fraction of sp³-hybridized carbons (Fsp3) is 0.464. The van der Waals surface area contributed by atoms with Crippen LogP contribution in [0, 0.1) is 0 Å². The average Bonchev–Trinajstić information content (AvgIpc) is 3.55. The quantitative estimate of drug-likeness (QED) is 0.0226. The third kappa shape index (κ3) is 24.9. The number of nitrogens with zero attached hydrogens (tertiary/aromatic N) is 6. The number of carboxylic acids is 4. The van der Waals surface area contributed by atoms with Gasteiger partial charge in [0.05, 0.1) is 67.9 Å². The van der Waals surface area contributed by atoms with Crippen LogP contribution in [0.5, 0.6) is 0 Å². The number of aromatic nitrogens is 3. The smallest absolute Gasteiger partial charge is 0.323 e. The van der Waals surface area contributed by atoms with Gasteiger partial charge in [0.15, 0.2) is 5.95 Å². The van der Waals surface area contributed by atoms with E-state index in [1.54, 1.807) is 69.0 Å². The second-order valence-corrected chi connectivity index (χ2v) is 24.0. The van der Waals surface area contributed by atoms with Gasteiger partial charge in [0.2, 0.25) is 31.4 Å². The van der Waals surface area contributed by atoms with E-state index in [1.165, 1.54) is 42.6 Å². The molecule has 0 bridgehead atoms. The topological polar surface area (TPSA) is 403 Å². The molecule has 0 spiro atoms. The number of hydrogen-bond acceptors (Lipinski definition) is 20. The number of ether oxygens (including phenoxy) is 3. The summed E-state index contributed by atoms with van der Waals surface area (Å²) in [5.41, 5.74) is 1.59. The van der Waals surface area contributed by atoms with Crippen LogP contribution in [0.1, 0.15) is 28.8 Å². The second kappa shape index (κ2) is 36.9. The van der Waals surface area contributed by atoms with Gasteiger partial charge in [-0.05, 0) is 65.9 Å². The van der Waals surface area contributed by atoms with Crippen molar-refractivity contribution >= 4 is 72.6 Å². The Morgan fingerprint density at radius 1 is 0.629 bits per heavy atom. The van der Waals surface area contributed by atoms with Crippen LogP contribution in [-0.4, -0.2) is 251 Å². The number of carbonyl (C=O) groups is 6. The minimum atomic E-state index is -4.45. The number of aromatic amines is 1. The van der Waals surface area contributed by atoms with E-state index in [2.05, 4.69) is 35.4 Å². The van der Waals surface area contributed by atoms with Gasteiger partial charge in [-0.3, -0.25) is 53.2 Å². The number of carbonyl (C=O) groups excluding carboxylic acids is 2. The maximum absolute atomic E-state index is 13.4. The summed E-state index contributed by atoms with van der Waals surface area (Å²) >= 11 is 0. The monoisotopic (exact) mass is 1360 g/mol. The number of pyridine rings is 1. The molecule has 483 valence electrons. The van der Waals surface area contributed by atoms with Crippen LogP contribution in [-0.2, 0) is 105 Å². The van der Waals surface area contributed by atoms with Crippen molar-refractivity contribution in [2.24, 2.45) is 7.05 Å². The van der Waals surface area contributed by atoms with Crippen molar-refractivity contribution in [3.05, 3.63) is 107 Å². The van der Waals surface area contributed by atoms with Crippen LogP contribution >= 0.6 is 0 Å². The molecule has 5 aromatic rings. The fourth-order valence-corrected chi connectivity index (χ4v) is 11.4. The molecule has 1 radical (unpaired) electrons. The van der Waals surface area contributed by atoms with Crippen molar-refractivity contribution in [2.45, 2.75) is 35.2 Å². The zero-order valence-electron chi connectivity index (χ0n) is 49.2. The molecule has 2 amide bonds. The Bertz CT molecular complexity index is 3390. The van der Waals surface area contributed by atoms with E-state index in [4.69, 9.17) is 14.2 Å². The molecule has 89 heavy (non-hydrogen) atoms. The summed E-state index contributed by atoms with van der Waals surface area (Å²) < 4.78 is 75.7. The second-order valence-electron chi connectivity index (χ2n) is 20.5. The number of imidazole rings is 1. The first-order chi connectivity index (χ1) is 42.1. The van der Waals surface area contributed by atoms with Crippen LogP contribution in [0.2, 0.25) is 0 Å². The predicted octanol–water partition coefficient (Wildman–Crippen LogP) is -0.600. The predicted molar refractivity (Wildman–Crippen MR) is 320 cm³/mol. The van der Waals surface area contributed by atoms with Crippen LogP contribution in [0.3, 0.4) is 0 Å². The Hall–Kier alpha value is -6.66. The standard InChI is InChI=1S/C56H76N12O18S2.Y/c1-64-35-46(53(76)45-13-4-40(32-48(45)64)33-61-56-58-16-17-59-56)54(77)60-34-47(55(78)79)63-88(82,83)44-11-7-42(8-12-44)41-5-9-43(10-6-41)87(80,81)62-15-3-27-85-29-31-86-30-28-84-26-2-14-57-49(69)36-65-18-20-66(37-50(70)71)22-24-68(39-52(74)75)25-23-67(21-19-65)38-51(72)73;/h4-13,16-17,32,35,47,62-63H,2-3,14-15,18-31,33-34,36-39H2,1H3,(H,57,69)(H,60,77)(H,70,71)(H,72,73)(H,74,75)(H,78,79)(H2,58,59,61);/i;1+1. The number of benzene rings is 3. The number of anilines is 1. The summed E-state index contributed by atoms with van der Waals surface area (Å²) in [7, 11) is -6.70. The summed E-state index contributed by atoms with van der Waals surface area (Å²) in [6, 6.07) is 14.6. The molecule has 1 atom stereocenters. The van der Waals surface area contributed by atoms with E-state index in [0.29, 0.717) is 94.5 Å². The number of aryl methyl sites for hydroxylation is 1. The number of aliphatic carboxylic acids is 4. The minimum absolute atomic E-state index is 0. The Morgan fingerprint density at radius 3 is 1.60 bits per heavy atom. The van der Waals surface area contributed by atoms with Gasteiger partial charge >= 0.3 is 23.9 Å². The number of sulfonamides is 2. The molecule has 1 unspecified atom stereocenters. The van der Waals surface area contributed by atoms with Crippen molar-refractivity contribution in [1.82, 2.24) is 54.2 Å². The molecule has 1 aliphatic rings. The SMILES string of the molecule is Cn1cc(C(=O)NCC(NS(=O)(=O)c2ccc(-c3ccc(S(=O)(=O)NCCCOCCOCCOCCCNC(=O)CN4CCN(CC(=O)O)CCN(CC(=O)O)CCN(CC(=O)O)CC4)cc3)cc2)C(=O)O)c(=O)c2ccc(CNc3ncc[nH]3)cc21.[90Y]. The zero-order chi connectivity index (χ0) is 63.6. The summed E-state index contributed by atoms with van der Waals surface area (Å²) in [6.45, 7) is 3.41. The van der Waals surface area contributed by atoms with Gasteiger partial charge in [-0.25, -0.2) is 26.5 Å². The van der Waals surface area contributed by atoms with Crippen molar-refractivity contribution in [3.8, 4) is 11.1 Å². The van der Waals surface area contributed by atoms with Gasteiger partial charge in [-0.15, -0.1) is 0 Å². The van der Waals surface area contributed by atoms with Gasteiger partial charge in [-0.2, -0.15) is 4.72 Å². The van der Waals surface area contributed by atoms with Crippen molar-refractivity contribution in [3.63, 3.8) is 0 Å². The first-order valence-electron chi connectivity index (χ1n) is 28.2. The number of H-pyrrole nitrogens is 1. The van der Waals surface area contributed by atoms with Crippen LogP contribution in [0.4, 0.5) is 5.95 Å². The van der Waals surface area contributed by atoms with Gasteiger partial charge in [0, 0.05) is 155 Å². The van der Waals surface area contributed by atoms with Gasteiger partial charge < -0.3 is 60.1 Å². The molecule has 30 nitrogen and oxygen atoms in total. The molecule has 0 aliphatic carbocycles. The molecule has 3 heterocycles. The van der Waals surface area contributed by atoms with Crippen LogP contribution in [0.15, 0.2) is 99.9 Å². The summed E-state index contributed by atoms with van der Waals surface area (Å²) in [6.07, 6.45) is 5.48. The normalized spacial score (nSPS) is 14.6. The Kier molecular flexibility index (Phi) is 30.3. The maximum Gasteiger partial charge on any atom is 0.323 e. The largest absolute Gasteiger partial charge is 0.480 e. The Balaban J connectivity index is 0.0000144. The van der Waals surface area contributed by atoms with Crippen molar-refractivity contribution in [1.29, 1.82) is 0 Å². The van der Waals surface area contributed by atoms with E-state index >= 15 is 0 Å². The first-order valence-corrected chi connectivity index (χ1v) is 31.2. The van der Waals surface area contributed by atoms with E-state index in [9.17, 15) is 70.8 Å². The molecule has 2 aromatic heterocycles. The molecule has 6 rings (SSSR count). The summed E-state index contributed by atoms with van der Waals surface area (Å²) in [5, 5.41) is 46.7. The number of amides is 2. The van der Waals surface area contributed by atoms with E-state index < -0.39 is 67.8 Å². The molecule has 0 saturated carbocycles.